The second-order valence-electron chi connectivity index (χ2n) is 9.24. The smallest absolute Gasteiger partial charge is 0.416 e. The number of alkyl halides is 3. The number of thioether (sulfide) groups is 1. The van der Waals surface area contributed by atoms with Crippen LogP contribution in [0.15, 0.2) is 59.5 Å². The van der Waals surface area contributed by atoms with Gasteiger partial charge in [-0.3, -0.25) is 29.4 Å². The summed E-state index contributed by atoms with van der Waals surface area (Å²) in [6.07, 6.45) is -3.38. The summed E-state index contributed by atoms with van der Waals surface area (Å²) in [6, 6.07) is 11.5. The molecule has 1 fully saturated rings. The van der Waals surface area contributed by atoms with E-state index in [1.54, 1.807) is 19.1 Å². The highest BCUT2D eigenvalue weighted by Crippen LogP contribution is 2.41. The number of hydrogen-bond acceptors (Lipinski definition) is 8. The minimum absolute atomic E-state index is 0.0296. The molecular weight excluding hydrogens is 591 g/mol. The fourth-order valence-corrected chi connectivity index (χ4v) is 4.85. The molecule has 1 N–H and O–H groups in total. The molecule has 1 aliphatic rings. The van der Waals surface area contributed by atoms with E-state index in [1.807, 2.05) is 19.9 Å². The number of ether oxygens (including phenoxy) is 2. The summed E-state index contributed by atoms with van der Waals surface area (Å²) >= 11 is 0.645. The first kappa shape index (κ1) is 31.1. The number of aryl methyl sites for hydroxylation is 1. The average Bonchev–Trinajstić information content (AvgIpc) is 3.19. The van der Waals surface area contributed by atoms with E-state index in [2.05, 4.69) is 5.32 Å². The van der Waals surface area contributed by atoms with Crippen LogP contribution < -0.4 is 14.8 Å². The van der Waals surface area contributed by atoms with Gasteiger partial charge in [0.05, 0.1) is 22.0 Å². The summed E-state index contributed by atoms with van der Waals surface area (Å²) in [6.45, 7) is 5.04. The Balaban J connectivity index is 1.54. The van der Waals surface area contributed by atoms with Crippen LogP contribution in [0.5, 0.6) is 17.2 Å². The van der Waals surface area contributed by atoms with E-state index in [1.165, 1.54) is 24.3 Å². The van der Waals surface area contributed by atoms with Gasteiger partial charge in [0.1, 0.15) is 6.54 Å². The predicted molar refractivity (Wildman–Crippen MR) is 153 cm³/mol. The third-order valence-electron chi connectivity index (χ3n) is 6.32. The molecule has 3 aromatic carbocycles. The topological polar surface area (TPSA) is 128 Å². The Kier molecular flexibility index (Phi) is 9.09. The van der Waals surface area contributed by atoms with Gasteiger partial charge in [0.15, 0.2) is 11.5 Å². The quantitative estimate of drug-likeness (QED) is 0.153. The van der Waals surface area contributed by atoms with Crippen molar-refractivity contribution in [2.24, 2.45) is 0 Å². The van der Waals surface area contributed by atoms with Crippen LogP contribution in [-0.4, -0.2) is 40.0 Å². The summed E-state index contributed by atoms with van der Waals surface area (Å²) in [5.41, 5.74) is 0.686. The minimum Gasteiger partial charge on any atom is -0.490 e. The highest BCUT2D eigenvalue weighted by Gasteiger charge is 2.37. The van der Waals surface area contributed by atoms with Crippen LogP contribution in [0.25, 0.3) is 6.08 Å². The molecule has 0 radical (unpaired) electrons. The number of rotatable bonds is 9. The molecule has 14 heteroatoms. The number of halogens is 3. The molecule has 0 aromatic heterocycles. The van der Waals surface area contributed by atoms with Gasteiger partial charge < -0.3 is 14.8 Å². The number of nitro benzene ring substituents is 1. The van der Waals surface area contributed by atoms with Crippen molar-refractivity contribution in [3.05, 3.63) is 91.9 Å². The second-order valence-corrected chi connectivity index (χ2v) is 10.2. The Labute approximate surface area is 247 Å². The van der Waals surface area contributed by atoms with E-state index in [9.17, 15) is 37.7 Å². The fourth-order valence-electron chi connectivity index (χ4n) is 4.02. The number of carbonyl (C=O) groups is 3. The van der Waals surface area contributed by atoms with Gasteiger partial charge in [-0.2, -0.15) is 13.2 Å². The lowest BCUT2D eigenvalue weighted by Crippen LogP contribution is -2.36. The van der Waals surface area contributed by atoms with Crippen molar-refractivity contribution in [1.29, 1.82) is 0 Å². The van der Waals surface area contributed by atoms with E-state index in [0.717, 1.165) is 22.1 Å². The first-order valence-corrected chi connectivity index (χ1v) is 13.5. The van der Waals surface area contributed by atoms with Gasteiger partial charge in [0, 0.05) is 11.8 Å². The zero-order chi connectivity index (χ0) is 31.5. The summed E-state index contributed by atoms with van der Waals surface area (Å²) in [5, 5.41) is 13.5. The van der Waals surface area contributed by atoms with Crippen LogP contribution in [0, 0.1) is 24.0 Å². The molecule has 3 aromatic rings. The average molecular weight is 616 g/mol. The van der Waals surface area contributed by atoms with Crippen molar-refractivity contribution in [1.82, 2.24) is 4.90 Å². The second kappa shape index (κ2) is 12.6. The van der Waals surface area contributed by atoms with Crippen molar-refractivity contribution in [2.45, 2.75) is 26.9 Å². The molecule has 0 unspecified atom stereocenters. The van der Waals surface area contributed by atoms with Gasteiger partial charge in [-0.05, 0) is 85.6 Å². The van der Waals surface area contributed by atoms with E-state index < -0.39 is 51.7 Å². The minimum atomic E-state index is -4.79. The van der Waals surface area contributed by atoms with Crippen LogP contribution in [0.1, 0.15) is 29.2 Å². The van der Waals surface area contributed by atoms with Crippen molar-refractivity contribution in [2.75, 3.05) is 18.5 Å². The van der Waals surface area contributed by atoms with Crippen LogP contribution in [-0.2, 0) is 15.8 Å². The lowest BCUT2D eigenvalue weighted by molar-refractivity contribution is -0.385. The maximum absolute atomic E-state index is 13.1. The number of hydrogen-bond donors (Lipinski definition) is 1. The van der Waals surface area contributed by atoms with E-state index in [0.29, 0.717) is 35.1 Å². The SMILES string of the molecule is CCOc1cc(/C=C2/SC(=O)N(CC(=O)Nc3cccc(C)c3C)C2=O)ccc1Oc1ccc(C(F)(F)F)cc1[N+](=O)[O-]. The number of imide groups is 1. The lowest BCUT2D eigenvalue weighted by atomic mass is 10.1. The van der Waals surface area contributed by atoms with Crippen molar-refractivity contribution < 1.29 is 42.0 Å². The third-order valence-corrected chi connectivity index (χ3v) is 7.23. The molecule has 0 atom stereocenters. The van der Waals surface area contributed by atoms with E-state index >= 15 is 0 Å². The summed E-state index contributed by atoms with van der Waals surface area (Å²) < 4.78 is 50.3. The van der Waals surface area contributed by atoms with Gasteiger partial charge in [0.25, 0.3) is 11.1 Å². The fraction of sp³-hybridized carbons (Fsp3) is 0.207. The summed E-state index contributed by atoms with van der Waals surface area (Å²) in [7, 11) is 0. The molecule has 43 heavy (non-hydrogen) atoms. The Morgan fingerprint density at radius 2 is 1.79 bits per heavy atom. The summed E-state index contributed by atoms with van der Waals surface area (Å²) in [5.74, 6) is -1.61. The number of nitro groups is 1. The van der Waals surface area contributed by atoms with E-state index in [-0.39, 0.29) is 23.0 Å². The molecule has 0 bridgehead atoms. The number of carbonyl (C=O) groups excluding carboxylic acids is 3. The number of benzene rings is 3. The Morgan fingerprint density at radius 3 is 2.47 bits per heavy atom. The third kappa shape index (κ3) is 7.15. The molecule has 3 amide bonds. The van der Waals surface area contributed by atoms with Crippen LogP contribution >= 0.6 is 11.8 Å². The molecular formula is C29H24F3N3O7S. The largest absolute Gasteiger partial charge is 0.490 e. The monoisotopic (exact) mass is 615 g/mol. The van der Waals surface area contributed by atoms with Crippen molar-refractivity contribution in [3.63, 3.8) is 0 Å². The van der Waals surface area contributed by atoms with Gasteiger partial charge in [0.2, 0.25) is 11.7 Å². The number of nitrogens with one attached hydrogen (secondary N) is 1. The maximum Gasteiger partial charge on any atom is 0.416 e. The molecule has 1 aliphatic heterocycles. The van der Waals surface area contributed by atoms with Crippen molar-refractivity contribution >= 4 is 46.3 Å². The van der Waals surface area contributed by atoms with E-state index in [4.69, 9.17) is 9.47 Å². The Hall–Kier alpha value is -4.85. The molecule has 10 nitrogen and oxygen atoms in total. The summed E-state index contributed by atoms with van der Waals surface area (Å²) in [4.78, 5) is 49.5. The highest BCUT2D eigenvalue weighted by atomic mass is 32.2. The molecule has 4 rings (SSSR count). The first-order chi connectivity index (χ1) is 20.3. The van der Waals surface area contributed by atoms with Crippen molar-refractivity contribution in [3.8, 4) is 17.2 Å². The standard InChI is InChI=1S/C29H24F3N3O7S/c1-4-41-24-12-18(8-10-23(24)42-22-11-9-19(29(30,31)32)14-21(22)35(39)40)13-25-27(37)34(28(38)43-25)15-26(36)33-20-7-5-6-16(2)17(20)3/h5-14H,4,15H2,1-3H3,(H,33,36)/b25-13+. The first-order valence-electron chi connectivity index (χ1n) is 12.7. The predicted octanol–water partition coefficient (Wildman–Crippen LogP) is 7.10. The van der Waals surface area contributed by atoms with Crippen LogP contribution in [0.4, 0.5) is 29.3 Å². The normalized spacial score (nSPS) is 14.3. The molecule has 0 aliphatic carbocycles. The number of anilines is 1. The maximum atomic E-state index is 13.1. The zero-order valence-corrected chi connectivity index (χ0v) is 23.8. The highest BCUT2D eigenvalue weighted by molar-refractivity contribution is 8.18. The Bertz CT molecular complexity index is 1660. The molecule has 0 saturated carbocycles. The van der Waals surface area contributed by atoms with Gasteiger partial charge in [-0.1, -0.05) is 18.2 Å². The molecule has 1 saturated heterocycles. The van der Waals surface area contributed by atoms with Gasteiger partial charge in [-0.15, -0.1) is 0 Å². The molecule has 1 heterocycles. The molecule has 0 spiro atoms. The van der Waals surface area contributed by atoms with Gasteiger partial charge in [-0.25, -0.2) is 0 Å². The zero-order valence-electron chi connectivity index (χ0n) is 23.0. The lowest BCUT2D eigenvalue weighted by Gasteiger charge is -2.14. The number of nitrogens with zero attached hydrogens (tertiary/aromatic N) is 2. The van der Waals surface area contributed by atoms with Crippen LogP contribution in [0.3, 0.4) is 0 Å². The Morgan fingerprint density at radius 1 is 1.07 bits per heavy atom. The molecule has 224 valence electrons. The number of amides is 3. The van der Waals surface area contributed by atoms with Crippen LogP contribution in [0.2, 0.25) is 0 Å². The van der Waals surface area contributed by atoms with Gasteiger partial charge >= 0.3 is 11.9 Å².